The maximum absolute atomic E-state index is 13.6. The molecule has 0 spiro atoms. The zero-order valence-corrected chi connectivity index (χ0v) is 19.0. The molecule has 0 unspecified atom stereocenters. The molecule has 0 aliphatic rings. The van der Waals surface area contributed by atoms with Gasteiger partial charge in [-0.25, -0.2) is 17.6 Å². The molecule has 164 valence electrons. The van der Waals surface area contributed by atoms with Gasteiger partial charge in [-0.15, -0.1) is 11.8 Å². The number of sulfonamides is 1. The van der Waals surface area contributed by atoms with Gasteiger partial charge in [0.05, 0.1) is 5.02 Å². The third-order valence-electron chi connectivity index (χ3n) is 4.09. The van der Waals surface area contributed by atoms with Gasteiger partial charge in [0.25, 0.3) is 0 Å². The van der Waals surface area contributed by atoms with Crippen molar-refractivity contribution in [3.05, 3.63) is 52.8 Å². The number of halogens is 2. The molecular formula is C20H23ClFNO5S2. The number of ether oxygens (including phenoxy) is 1. The van der Waals surface area contributed by atoms with Crippen molar-refractivity contribution in [1.29, 1.82) is 0 Å². The third-order valence-corrected chi connectivity index (χ3v) is 7.45. The Hall–Kier alpha value is -1.81. The van der Waals surface area contributed by atoms with Gasteiger partial charge >= 0.3 is 5.97 Å². The van der Waals surface area contributed by atoms with Gasteiger partial charge < -0.3 is 9.84 Å². The number of thioether (sulfide) groups is 1. The van der Waals surface area contributed by atoms with Gasteiger partial charge in [-0.3, -0.25) is 0 Å². The van der Waals surface area contributed by atoms with E-state index in [1.807, 2.05) is 13.0 Å². The maximum atomic E-state index is 13.6. The fraction of sp³-hybridized carbons (Fsp3) is 0.350. The van der Waals surface area contributed by atoms with Crippen LogP contribution in [0.4, 0.5) is 4.39 Å². The molecule has 2 aromatic carbocycles. The van der Waals surface area contributed by atoms with Gasteiger partial charge in [-0.1, -0.05) is 18.5 Å². The van der Waals surface area contributed by atoms with Crippen LogP contribution in [0, 0.1) is 12.7 Å². The highest BCUT2D eigenvalue weighted by molar-refractivity contribution is 7.99. The van der Waals surface area contributed by atoms with E-state index in [-0.39, 0.29) is 23.0 Å². The van der Waals surface area contributed by atoms with E-state index in [9.17, 15) is 17.6 Å². The molecule has 6 nitrogen and oxygen atoms in total. The Kier molecular flexibility index (Phi) is 8.96. The fourth-order valence-corrected chi connectivity index (χ4v) is 5.80. The van der Waals surface area contributed by atoms with Gasteiger partial charge in [-0.05, 0) is 55.3 Å². The molecule has 0 atom stereocenters. The molecule has 0 bridgehead atoms. The minimum atomic E-state index is -3.93. The summed E-state index contributed by atoms with van der Waals surface area (Å²) in [6, 6.07) is 8.62. The average molecular weight is 476 g/mol. The lowest BCUT2D eigenvalue weighted by atomic mass is 10.2. The summed E-state index contributed by atoms with van der Waals surface area (Å²) in [6.07, 6.45) is 0.603. The van der Waals surface area contributed by atoms with Crippen LogP contribution in [-0.2, 0) is 14.8 Å². The normalized spacial score (nSPS) is 11.6. The summed E-state index contributed by atoms with van der Waals surface area (Å²) in [5.74, 6) is -0.758. The number of aryl methyl sites for hydroxylation is 1. The largest absolute Gasteiger partial charge is 0.482 e. The molecular weight excluding hydrogens is 453 g/mol. The van der Waals surface area contributed by atoms with E-state index in [1.54, 1.807) is 19.1 Å². The van der Waals surface area contributed by atoms with E-state index in [4.69, 9.17) is 21.4 Å². The van der Waals surface area contributed by atoms with Crippen molar-refractivity contribution < 1.29 is 27.4 Å². The van der Waals surface area contributed by atoms with Gasteiger partial charge in [0.2, 0.25) is 10.0 Å². The van der Waals surface area contributed by atoms with Crippen LogP contribution >= 0.6 is 23.4 Å². The van der Waals surface area contributed by atoms with Gasteiger partial charge in [0, 0.05) is 23.7 Å². The highest BCUT2D eigenvalue weighted by Gasteiger charge is 2.26. The van der Waals surface area contributed by atoms with Crippen molar-refractivity contribution in [3.8, 4) is 5.75 Å². The predicted molar refractivity (Wildman–Crippen MR) is 115 cm³/mol. The van der Waals surface area contributed by atoms with E-state index in [0.29, 0.717) is 17.9 Å². The second kappa shape index (κ2) is 11.0. The summed E-state index contributed by atoms with van der Waals surface area (Å²) < 4.78 is 46.0. The number of benzene rings is 2. The first-order chi connectivity index (χ1) is 14.1. The van der Waals surface area contributed by atoms with Crippen LogP contribution in [0.1, 0.15) is 18.9 Å². The number of nitrogens with zero attached hydrogens (tertiary/aromatic N) is 1. The zero-order valence-electron chi connectivity index (χ0n) is 16.6. The van der Waals surface area contributed by atoms with Crippen molar-refractivity contribution in [1.82, 2.24) is 4.31 Å². The lowest BCUT2D eigenvalue weighted by Crippen LogP contribution is -2.34. The lowest BCUT2D eigenvalue weighted by Gasteiger charge is -2.22. The summed E-state index contributed by atoms with van der Waals surface area (Å²) >= 11 is 7.46. The van der Waals surface area contributed by atoms with Crippen LogP contribution in [0.5, 0.6) is 5.75 Å². The Balaban J connectivity index is 2.07. The minimum absolute atomic E-state index is 0.0160. The molecule has 0 radical (unpaired) electrons. The van der Waals surface area contributed by atoms with Crippen LogP contribution in [0.2, 0.25) is 5.02 Å². The molecule has 0 saturated heterocycles. The highest BCUT2D eigenvalue weighted by Crippen LogP contribution is 2.28. The first-order valence-corrected chi connectivity index (χ1v) is 12.0. The summed E-state index contributed by atoms with van der Waals surface area (Å²) in [5.41, 5.74) is 0.783. The maximum Gasteiger partial charge on any atom is 0.341 e. The van der Waals surface area contributed by atoms with Gasteiger partial charge in [0.15, 0.2) is 6.61 Å². The summed E-state index contributed by atoms with van der Waals surface area (Å²) in [7, 11) is -3.93. The van der Waals surface area contributed by atoms with Gasteiger partial charge in [0.1, 0.15) is 16.5 Å². The Labute approximate surface area is 185 Å². The molecule has 1 N–H and O–H groups in total. The van der Waals surface area contributed by atoms with E-state index >= 15 is 0 Å². The van der Waals surface area contributed by atoms with Crippen LogP contribution in [0.25, 0.3) is 0 Å². The molecule has 0 aliphatic carbocycles. The smallest absolute Gasteiger partial charge is 0.341 e. The van der Waals surface area contributed by atoms with Crippen molar-refractivity contribution in [2.45, 2.75) is 30.1 Å². The number of hydrogen-bond acceptors (Lipinski definition) is 5. The molecule has 2 rings (SSSR count). The molecule has 0 fully saturated rings. The van der Waals surface area contributed by atoms with E-state index in [2.05, 4.69) is 0 Å². The van der Waals surface area contributed by atoms with Crippen molar-refractivity contribution in [3.63, 3.8) is 0 Å². The van der Waals surface area contributed by atoms with E-state index < -0.39 is 28.4 Å². The second-order valence-electron chi connectivity index (χ2n) is 6.44. The number of hydrogen-bond donors (Lipinski definition) is 1. The monoisotopic (exact) mass is 475 g/mol. The number of carbonyl (C=O) groups is 1. The predicted octanol–water partition coefficient (Wildman–Crippen LogP) is 4.44. The van der Waals surface area contributed by atoms with Crippen LogP contribution in [-0.4, -0.2) is 49.2 Å². The van der Waals surface area contributed by atoms with Gasteiger partial charge in [-0.2, -0.15) is 4.31 Å². The van der Waals surface area contributed by atoms with Crippen LogP contribution < -0.4 is 4.74 Å². The zero-order chi connectivity index (χ0) is 22.3. The average Bonchev–Trinajstić information content (AvgIpc) is 2.68. The molecule has 30 heavy (non-hydrogen) atoms. The number of aliphatic carboxylic acids is 1. The Morgan fingerprint density at radius 2 is 1.97 bits per heavy atom. The summed E-state index contributed by atoms with van der Waals surface area (Å²) in [4.78, 5) is 11.3. The van der Waals surface area contributed by atoms with E-state index in [0.717, 1.165) is 22.6 Å². The first-order valence-electron chi connectivity index (χ1n) is 9.18. The molecule has 0 heterocycles. The number of carboxylic acid groups (broad SMARTS) is 1. The Morgan fingerprint density at radius 3 is 2.60 bits per heavy atom. The number of carboxylic acids is 1. The summed E-state index contributed by atoms with van der Waals surface area (Å²) in [5, 5.41) is 8.68. The minimum Gasteiger partial charge on any atom is -0.482 e. The first kappa shape index (κ1) is 24.5. The fourth-order valence-electron chi connectivity index (χ4n) is 2.69. The molecule has 0 aromatic heterocycles. The van der Waals surface area contributed by atoms with Crippen LogP contribution in [0.3, 0.4) is 0 Å². The second-order valence-corrected chi connectivity index (χ2v) is 9.92. The molecule has 0 amide bonds. The quantitative estimate of drug-likeness (QED) is 0.483. The SMILES string of the molecule is CCCN(CCSc1ccc(OCC(=O)O)c(C)c1)S(=O)(=O)c1cc(F)ccc1Cl. The Morgan fingerprint density at radius 1 is 1.23 bits per heavy atom. The standard InChI is InChI=1S/C20H23ClFNO5S2/c1-3-8-23(30(26,27)19-12-15(22)4-6-17(19)21)9-10-29-16-5-7-18(14(2)11-16)28-13-20(24)25/h4-7,11-12H,3,8-10,13H2,1-2H3,(H,24,25). The highest BCUT2D eigenvalue weighted by atomic mass is 35.5. The third kappa shape index (κ3) is 6.60. The van der Waals surface area contributed by atoms with E-state index in [1.165, 1.54) is 22.1 Å². The Bertz CT molecular complexity index is 1000. The van der Waals surface area contributed by atoms with Crippen molar-refractivity contribution >= 4 is 39.4 Å². The number of rotatable bonds is 11. The van der Waals surface area contributed by atoms with Crippen molar-refractivity contribution in [2.75, 3.05) is 25.4 Å². The summed E-state index contributed by atoms with van der Waals surface area (Å²) in [6.45, 7) is 3.77. The van der Waals surface area contributed by atoms with Crippen LogP contribution in [0.15, 0.2) is 46.2 Å². The molecule has 10 heteroatoms. The van der Waals surface area contributed by atoms with Crippen molar-refractivity contribution in [2.24, 2.45) is 0 Å². The molecule has 0 aliphatic heterocycles. The molecule has 0 saturated carbocycles. The topological polar surface area (TPSA) is 83.9 Å². The lowest BCUT2D eigenvalue weighted by molar-refractivity contribution is -0.139. The molecule has 2 aromatic rings.